The van der Waals surface area contributed by atoms with Gasteiger partial charge in [0.15, 0.2) is 19.0 Å². The second-order valence-corrected chi connectivity index (χ2v) is 8.64. The molecule has 0 aliphatic heterocycles. The van der Waals surface area contributed by atoms with Crippen LogP contribution in [0, 0.1) is 6.92 Å². The molecule has 0 saturated heterocycles. The fourth-order valence-corrected chi connectivity index (χ4v) is 3.33. The fraction of sp³-hybridized carbons (Fsp3) is 0.467. The molecule has 0 saturated carbocycles. The van der Waals surface area contributed by atoms with E-state index in [0.717, 1.165) is 29.5 Å². The Morgan fingerprint density at radius 2 is 1.39 bits per heavy atom. The molecule has 0 radical (unpaired) electrons. The van der Waals surface area contributed by atoms with Gasteiger partial charge in [0.2, 0.25) is 5.78 Å². The van der Waals surface area contributed by atoms with E-state index in [1.54, 1.807) is 30.3 Å². The van der Waals surface area contributed by atoms with Crippen molar-refractivity contribution < 1.29 is 28.7 Å². The highest BCUT2D eigenvalue weighted by atomic mass is 16.5. The van der Waals surface area contributed by atoms with Crippen LogP contribution in [-0.2, 0) is 19.1 Å². The van der Waals surface area contributed by atoms with E-state index in [1.165, 1.54) is 0 Å². The normalized spacial score (nSPS) is 11.1. The summed E-state index contributed by atoms with van der Waals surface area (Å²) in [7, 11) is 0. The van der Waals surface area contributed by atoms with Gasteiger partial charge in [0, 0.05) is 17.2 Å². The average Bonchev–Trinajstić information content (AvgIpc) is 2.94. The van der Waals surface area contributed by atoms with Crippen molar-refractivity contribution in [2.75, 3.05) is 32.8 Å². The van der Waals surface area contributed by atoms with Gasteiger partial charge in [-0.15, -0.1) is 0 Å². The number of Topliss-reactive ketones (excluding diaryl/α,β-unsaturated/α-hetero) is 2. The summed E-state index contributed by atoms with van der Waals surface area (Å²) in [6.07, 6.45) is 1.80. The van der Waals surface area contributed by atoms with E-state index in [1.807, 2.05) is 53.7 Å². The summed E-state index contributed by atoms with van der Waals surface area (Å²) in [5.41, 5.74) is 3.45. The minimum atomic E-state index is -0.463. The summed E-state index contributed by atoms with van der Waals surface area (Å²) in [5, 5.41) is 5.96. The Morgan fingerprint density at radius 3 is 1.97 bits per heavy atom. The van der Waals surface area contributed by atoms with Crippen molar-refractivity contribution in [3.8, 4) is 11.1 Å². The van der Waals surface area contributed by atoms with Gasteiger partial charge in [-0.1, -0.05) is 70.2 Å². The van der Waals surface area contributed by atoms with Crippen LogP contribution in [0.25, 0.3) is 11.1 Å². The van der Waals surface area contributed by atoms with Gasteiger partial charge in [-0.25, -0.2) is 0 Å². The molecule has 2 rings (SSSR count). The van der Waals surface area contributed by atoms with Gasteiger partial charge >= 0.3 is 11.9 Å². The molecule has 38 heavy (non-hydrogen) atoms. The molecule has 2 aromatic rings. The summed E-state index contributed by atoms with van der Waals surface area (Å²) in [6, 6.07) is 12.6. The van der Waals surface area contributed by atoms with E-state index < -0.39 is 11.9 Å². The second-order valence-electron chi connectivity index (χ2n) is 8.64. The zero-order valence-electron chi connectivity index (χ0n) is 23.5. The molecule has 0 aromatic heterocycles. The maximum Gasteiger partial charge on any atom is 0.320 e. The van der Waals surface area contributed by atoms with Crippen LogP contribution in [0.5, 0.6) is 0 Å². The van der Waals surface area contributed by atoms with E-state index in [2.05, 4.69) is 10.6 Å². The monoisotopic (exact) mass is 526 g/mol. The van der Waals surface area contributed by atoms with Crippen LogP contribution in [-0.4, -0.2) is 62.4 Å². The number of aryl methyl sites for hydroxylation is 1. The van der Waals surface area contributed by atoms with Crippen LogP contribution in [0.15, 0.2) is 42.5 Å². The maximum absolute atomic E-state index is 12.5. The topological polar surface area (TPSA) is 111 Å². The first-order chi connectivity index (χ1) is 18.2. The molecule has 2 aromatic carbocycles. The highest BCUT2D eigenvalue weighted by molar-refractivity contribution is 6.00. The van der Waals surface area contributed by atoms with Crippen LogP contribution in [0.4, 0.5) is 0 Å². The van der Waals surface area contributed by atoms with Crippen molar-refractivity contribution in [1.29, 1.82) is 0 Å². The molecule has 0 aliphatic rings. The SMILES string of the molecule is CC.CCCNCC(=O)OCC(=O)c1ccc(-c2ccc(C(=O)COC(=O)CN[C@@H](C)CC)c(C)c2)cc1. The van der Waals surface area contributed by atoms with Crippen molar-refractivity contribution in [3.63, 3.8) is 0 Å². The Kier molecular flexibility index (Phi) is 15.5. The Labute approximate surface area is 226 Å². The van der Waals surface area contributed by atoms with E-state index >= 15 is 0 Å². The van der Waals surface area contributed by atoms with Crippen LogP contribution < -0.4 is 10.6 Å². The van der Waals surface area contributed by atoms with Crippen LogP contribution >= 0.6 is 0 Å². The van der Waals surface area contributed by atoms with Crippen molar-refractivity contribution in [2.24, 2.45) is 0 Å². The number of ketones is 2. The van der Waals surface area contributed by atoms with Crippen molar-refractivity contribution in [3.05, 3.63) is 59.2 Å². The van der Waals surface area contributed by atoms with Gasteiger partial charge in [0.05, 0.1) is 13.1 Å². The standard InChI is InChI=1S/C28H36N2O6.C2H6/c1-5-13-29-15-27(33)35-17-25(31)22-9-7-21(8-10-22)23-11-12-24(19(3)14-23)26(32)18-36-28(34)16-30-20(4)6-2;1-2/h7-12,14,20,29-30H,5-6,13,15-18H2,1-4H3;1-2H3/t20-;/m0./s1. The lowest BCUT2D eigenvalue weighted by Crippen LogP contribution is -2.32. The predicted molar refractivity (Wildman–Crippen MR) is 149 cm³/mol. The van der Waals surface area contributed by atoms with E-state index in [0.29, 0.717) is 17.7 Å². The average molecular weight is 527 g/mol. The Hall–Kier alpha value is -3.36. The van der Waals surface area contributed by atoms with Crippen molar-refractivity contribution in [2.45, 2.75) is 60.4 Å². The minimum absolute atomic E-state index is 0.0668. The minimum Gasteiger partial charge on any atom is -0.456 e. The number of hydrogen-bond donors (Lipinski definition) is 2. The van der Waals surface area contributed by atoms with E-state index in [-0.39, 0.29) is 43.9 Å². The molecule has 8 heteroatoms. The maximum atomic E-state index is 12.5. The zero-order valence-corrected chi connectivity index (χ0v) is 23.5. The van der Waals surface area contributed by atoms with Gasteiger partial charge in [-0.05, 0) is 49.9 Å². The van der Waals surface area contributed by atoms with Crippen LogP contribution in [0.3, 0.4) is 0 Å². The number of esters is 2. The van der Waals surface area contributed by atoms with Gasteiger partial charge in [-0.2, -0.15) is 0 Å². The van der Waals surface area contributed by atoms with Gasteiger partial charge < -0.3 is 20.1 Å². The molecule has 8 nitrogen and oxygen atoms in total. The number of ether oxygens (including phenoxy) is 2. The van der Waals surface area contributed by atoms with E-state index in [4.69, 9.17) is 9.47 Å². The molecule has 0 unspecified atom stereocenters. The highest BCUT2D eigenvalue weighted by Crippen LogP contribution is 2.23. The lowest BCUT2D eigenvalue weighted by atomic mass is 9.97. The van der Waals surface area contributed by atoms with Gasteiger partial charge in [0.25, 0.3) is 0 Å². The van der Waals surface area contributed by atoms with Crippen molar-refractivity contribution in [1.82, 2.24) is 10.6 Å². The van der Waals surface area contributed by atoms with Gasteiger partial charge in [-0.3, -0.25) is 19.2 Å². The molecular formula is C30H42N2O6. The summed E-state index contributed by atoms with van der Waals surface area (Å²) >= 11 is 0. The molecule has 0 amide bonds. The largest absolute Gasteiger partial charge is 0.456 e. The summed E-state index contributed by atoms with van der Waals surface area (Å²) in [4.78, 5) is 48.4. The molecular weight excluding hydrogens is 484 g/mol. The Balaban J connectivity index is 0.00000352. The third kappa shape index (κ3) is 11.4. The first kappa shape index (κ1) is 32.7. The third-order valence-electron chi connectivity index (χ3n) is 5.70. The molecule has 0 aliphatic carbocycles. The number of carbonyl (C=O) groups excluding carboxylic acids is 4. The highest BCUT2D eigenvalue weighted by Gasteiger charge is 2.14. The number of nitrogens with one attached hydrogen (secondary N) is 2. The molecule has 1 atom stereocenters. The molecule has 2 N–H and O–H groups in total. The number of benzene rings is 2. The third-order valence-corrected chi connectivity index (χ3v) is 5.70. The second kappa shape index (κ2) is 18.0. The molecule has 0 bridgehead atoms. The number of rotatable bonds is 15. The molecule has 0 spiro atoms. The first-order valence-corrected chi connectivity index (χ1v) is 13.3. The molecule has 0 fully saturated rings. The quantitative estimate of drug-likeness (QED) is 0.198. The Morgan fingerprint density at radius 1 is 0.816 bits per heavy atom. The lowest BCUT2D eigenvalue weighted by molar-refractivity contribution is -0.142. The lowest BCUT2D eigenvalue weighted by Gasteiger charge is -2.11. The molecule has 0 heterocycles. The Bertz CT molecular complexity index is 1050. The summed E-state index contributed by atoms with van der Waals surface area (Å²) in [5.74, 6) is -1.47. The zero-order chi connectivity index (χ0) is 28.5. The van der Waals surface area contributed by atoms with Gasteiger partial charge in [0.1, 0.15) is 0 Å². The van der Waals surface area contributed by atoms with E-state index in [9.17, 15) is 19.2 Å². The summed E-state index contributed by atoms with van der Waals surface area (Å²) < 4.78 is 10.1. The van der Waals surface area contributed by atoms with Crippen molar-refractivity contribution >= 4 is 23.5 Å². The number of hydrogen-bond acceptors (Lipinski definition) is 8. The number of carbonyl (C=O) groups is 4. The fourth-order valence-electron chi connectivity index (χ4n) is 3.33. The smallest absolute Gasteiger partial charge is 0.320 e. The first-order valence-electron chi connectivity index (χ1n) is 13.3. The van der Waals surface area contributed by atoms with Crippen LogP contribution in [0.2, 0.25) is 0 Å². The summed E-state index contributed by atoms with van der Waals surface area (Å²) in [6.45, 7) is 12.0. The van der Waals surface area contributed by atoms with Crippen LogP contribution in [0.1, 0.15) is 73.7 Å². The molecule has 208 valence electrons. The predicted octanol–water partition coefficient (Wildman–Crippen LogP) is 4.53.